The Morgan fingerprint density at radius 2 is 1.63 bits per heavy atom. The fourth-order valence-corrected chi connectivity index (χ4v) is 2.99. The molecule has 0 bridgehead atoms. The highest BCUT2D eigenvalue weighted by molar-refractivity contribution is 5.94. The minimum atomic E-state index is -5.10. The van der Waals surface area contributed by atoms with Gasteiger partial charge in [0.15, 0.2) is 6.04 Å². The molecule has 0 unspecified atom stereocenters. The Morgan fingerprint density at radius 3 is 2.30 bits per heavy atom. The molecule has 1 amide bonds. The van der Waals surface area contributed by atoms with Gasteiger partial charge in [-0.3, -0.25) is 4.79 Å². The number of hydrogen-bond donors (Lipinski definition) is 2. The Kier molecular flexibility index (Phi) is 4.90. The van der Waals surface area contributed by atoms with E-state index in [1.54, 1.807) is 11.4 Å². The molecule has 3 nitrogen and oxygen atoms in total. The van der Waals surface area contributed by atoms with Gasteiger partial charge in [0.25, 0.3) is 5.91 Å². The summed E-state index contributed by atoms with van der Waals surface area (Å²) in [7, 11) is 0. The lowest BCUT2D eigenvalue weighted by atomic mass is 9.98. The molecule has 3 rings (SSSR count). The third-order valence-electron chi connectivity index (χ3n) is 4.28. The second-order valence-electron chi connectivity index (χ2n) is 6.12. The van der Waals surface area contributed by atoms with E-state index in [1.165, 1.54) is 12.1 Å². The number of nitrogens with one attached hydrogen (secondary N) is 2. The van der Waals surface area contributed by atoms with Crippen LogP contribution in [-0.4, -0.2) is 12.1 Å². The zero-order valence-electron chi connectivity index (χ0n) is 13.7. The van der Waals surface area contributed by atoms with E-state index in [4.69, 9.17) is 0 Å². The Hall–Kier alpha value is -2.55. The van der Waals surface area contributed by atoms with E-state index in [9.17, 15) is 31.1 Å². The van der Waals surface area contributed by atoms with Crippen LogP contribution in [-0.2, 0) is 19.3 Å². The van der Waals surface area contributed by atoms with Crippen molar-refractivity contribution >= 4 is 5.91 Å². The SMILES string of the molecule is O=C(N[C@H](c1ccccc1C(F)(F)F)C(F)(F)F)c1ccc2c(c1)CNC2. The first-order valence-electron chi connectivity index (χ1n) is 7.93. The minimum Gasteiger partial charge on any atom is -0.337 e. The molecule has 0 aliphatic carbocycles. The van der Waals surface area contributed by atoms with E-state index < -0.39 is 35.4 Å². The maximum Gasteiger partial charge on any atom is 0.416 e. The van der Waals surface area contributed by atoms with Gasteiger partial charge in [0.2, 0.25) is 0 Å². The van der Waals surface area contributed by atoms with Crippen molar-refractivity contribution in [3.05, 3.63) is 70.3 Å². The van der Waals surface area contributed by atoms with Gasteiger partial charge in [0.05, 0.1) is 5.56 Å². The number of hydrogen-bond acceptors (Lipinski definition) is 2. The second kappa shape index (κ2) is 6.88. The molecule has 27 heavy (non-hydrogen) atoms. The summed E-state index contributed by atoms with van der Waals surface area (Å²) in [6.07, 6.45) is -10.1. The monoisotopic (exact) mass is 388 g/mol. The second-order valence-corrected chi connectivity index (χ2v) is 6.12. The number of benzene rings is 2. The fourth-order valence-electron chi connectivity index (χ4n) is 2.99. The van der Waals surface area contributed by atoms with Crippen LogP contribution in [0, 0.1) is 0 Å². The number of amides is 1. The highest BCUT2D eigenvalue weighted by atomic mass is 19.4. The van der Waals surface area contributed by atoms with Crippen molar-refractivity contribution in [1.29, 1.82) is 0 Å². The quantitative estimate of drug-likeness (QED) is 0.768. The Morgan fingerprint density at radius 1 is 0.963 bits per heavy atom. The fraction of sp³-hybridized carbons (Fsp3) is 0.278. The lowest BCUT2D eigenvalue weighted by molar-refractivity contribution is -0.160. The van der Waals surface area contributed by atoms with Crippen molar-refractivity contribution < 1.29 is 31.1 Å². The third-order valence-corrected chi connectivity index (χ3v) is 4.28. The number of rotatable bonds is 3. The van der Waals surface area contributed by atoms with Crippen LogP contribution in [0.1, 0.15) is 38.7 Å². The topological polar surface area (TPSA) is 41.1 Å². The summed E-state index contributed by atoms with van der Waals surface area (Å²) in [5, 5.41) is 4.74. The van der Waals surface area contributed by atoms with Gasteiger partial charge in [-0.15, -0.1) is 0 Å². The van der Waals surface area contributed by atoms with Crippen molar-refractivity contribution in [2.45, 2.75) is 31.5 Å². The van der Waals surface area contributed by atoms with Crippen molar-refractivity contribution in [2.75, 3.05) is 0 Å². The molecule has 144 valence electrons. The van der Waals surface area contributed by atoms with Crippen molar-refractivity contribution in [2.24, 2.45) is 0 Å². The number of carbonyl (C=O) groups is 1. The van der Waals surface area contributed by atoms with Gasteiger partial charge < -0.3 is 10.6 Å². The largest absolute Gasteiger partial charge is 0.416 e. The van der Waals surface area contributed by atoms with Crippen molar-refractivity contribution in [3.63, 3.8) is 0 Å². The first-order chi connectivity index (χ1) is 12.6. The van der Waals surface area contributed by atoms with Crippen molar-refractivity contribution in [1.82, 2.24) is 10.6 Å². The van der Waals surface area contributed by atoms with Gasteiger partial charge in [0, 0.05) is 18.7 Å². The van der Waals surface area contributed by atoms with Crippen LogP contribution < -0.4 is 10.6 Å². The molecule has 2 aromatic rings. The Balaban J connectivity index is 1.95. The molecule has 1 aliphatic rings. The number of carbonyl (C=O) groups excluding carboxylic acids is 1. The van der Waals surface area contributed by atoms with E-state index >= 15 is 0 Å². The molecule has 0 aromatic heterocycles. The van der Waals surface area contributed by atoms with Gasteiger partial charge in [-0.1, -0.05) is 24.3 Å². The molecule has 0 saturated carbocycles. The zero-order chi connectivity index (χ0) is 19.8. The van der Waals surface area contributed by atoms with Gasteiger partial charge >= 0.3 is 12.4 Å². The molecule has 0 radical (unpaired) electrons. The lowest BCUT2D eigenvalue weighted by Crippen LogP contribution is -2.39. The van der Waals surface area contributed by atoms with Crippen LogP contribution in [0.25, 0.3) is 0 Å². The maximum absolute atomic E-state index is 13.5. The van der Waals surface area contributed by atoms with Crippen LogP contribution in [0.5, 0.6) is 0 Å². The average molecular weight is 388 g/mol. The van der Waals surface area contributed by atoms with E-state index in [0.717, 1.165) is 23.3 Å². The summed E-state index contributed by atoms with van der Waals surface area (Å²) in [5.74, 6) is -1.09. The number of halogens is 6. The van der Waals surface area contributed by atoms with Crippen LogP contribution in [0.2, 0.25) is 0 Å². The molecule has 0 spiro atoms. The predicted molar refractivity (Wildman–Crippen MR) is 84.7 cm³/mol. The van der Waals surface area contributed by atoms with Crippen molar-refractivity contribution in [3.8, 4) is 0 Å². The van der Waals surface area contributed by atoms with Gasteiger partial charge in [-0.25, -0.2) is 0 Å². The predicted octanol–water partition coefficient (Wildman–Crippen LogP) is 4.34. The smallest absolute Gasteiger partial charge is 0.337 e. The molecule has 2 aromatic carbocycles. The van der Waals surface area contributed by atoms with Crippen LogP contribution in [0.3, 0.4) is 0 Å². The Labute approximate surface area is 150 Å². The molecule has 1 aliphatic heterocycles. The first kappa shape index (κ1) is 19.2. The minimum absolute atomic E-state index is 0.0452. The molecular formula is C18H14F6N2O. The van der Waals surface area contributed by atoms with E-state index in [0.29, 0.717) is 25.2 Å². The van der Waals surface area contributed by atoms with E-state index in [1.807, 2.05) is 0 Å². The molecule has 1 heterocycles. The van der Waals surface area contributed by atoms with E-state index in [2.05, 4.69) is 5.32 Å². The van der Waals surface area contributed by atoms with Gasteiger partial charge in [-0.05, 0) is 34.9 Å². The number of alkyl halides is 6. The van der Waals surface area contributed by atoms with E-state index in [-0.39, 0.29) is 5.56 Å². The molecule has 1 atom stereocenters. The molecular weight excluding hydrogens is 374 g/mol. The molecule has 0 fully saturated rings. The molecule has 2 N–H and O–H groups in total. The number of fused-ring (bicyclic) bond motifs is 1. The van der Waals surface area contributed by atoms with Gasteiger partial charge in [-0.2, -0.15) is 26.3 Å². The summed E-state index contributed by atoms with van der Waals surface area (Å²) in [6, 6.07) is 4.95. The highest BCUT2D eigenvalue weighted by Crippen LogP contribution is 2.40. The zero-order valence-corrected chi connectivity index (χ0v) is 13.7. The van der Waals surface area contributed by atoms with Gasteiger partial charge in [0.1, 0.15) is 0 Å². The summed E-state index contributed by atoms with van der Waals surface area (Å²) < 4.78 is 79.8. The summed E-state index contributed by atoms with van der Waals surface area (Å²) in [4.78, 5) is 12.3. The summed E-state index contributed by atoms with van der Waals surface area (Å²) in [6.45, 7) is 1.05. The standard InChI is InChI=1S/C18H14F6N2O/c19-17(20,21)14-4-2-1-3-13(14)15(18(22,23)24)26-16(27)10-5-6-11-8-25-9-12(11)7-10/h1-7,15,25H,8-9H2,(H,26,27)/t15-/m1/s1. The average Bonchev–Trinajstić information content (AvgIpc) is 3.05. The van der Waals surface area contributed by atoms with Crippen LogP contribution in [0.4, 0.5) is 26.3 Å². The van der Waals surface area contributed by atoms with Crippen LogP contribution in [0.15, 0.2) is 42.5 Å². The normalized spacial score (nSPS) is 15.3. The summed E-state index contributed by atoms with van der Waals surface area (Å²) >= 11 is 0. The summed E-state index contributed by atoms with van der Waals surface area (Å²) in [5.41, 5.74) is -0.848. The molecule has 0 saturated heterocycles. The Bertz CT molecular complexity index is 860. The van der Waals surface area contributed by atoms with Crippen LogP contribution >= 0.6 is 0 Å². The maximum atomic E-state index is 13.5. The highest BCUT2D eigenvalue weighted by Gasteiger charge is 2.46. The first-order valence-corrected chi connectivity index (χ1v) is 7.93. The molecule has 9 heteroatoms. The lowest BCUT2D eigenvalue weighted by Gasteiger charge is -2.25. The third kappa shape index (κ3) is 4.08.